The summed E-state index contributed by atoms with van der Waals surface area (Å²) >= 11 is 0. The van der Waals surface area contributed by atoms with Crippen LogP contribution in [0.15, 0.2) is 18.2 Å². The molecule has 2 rings (SSSR count). The normalized spacial score (nSPS) is 10.6. The molecule has 8 heteroatoms. The van der Waals surface area contributed by atoms with E-state index < -0.39 is 41.4 Å². The zero-order valence-electron chi connectivity index (χ0n) is 10.7. The van der Waals surface area contributed by atoms with Crippen LogP contribution in [0.25, 0.3) is 0 Å². The summed E-state index contributed by atoms with van der Waals surface area (Å²) in [4.78, 5) is 3.99. The van der Waals surface area contributed by atoms with Crippen LogP contribution in [0.5, 0.6) is 5.75 Å². The van der Waals surface area contributed by atoms with Gasteiger partial charge in [0.05, 0.1) is 5.69 Å². The summed E-state index contributed by atoms with van der Waals surface area (Å²) < 4.78 is 70.2. The number of hydrogen-bond acceptors (Lipinski definition) is 3. The van der Waals surface area contributed by atoms with Gasteiger partial charge >= 0.3 is 0 Å². The van der Waals surface area contributed by atoms with Gasteiger partial charge in [0.1, 0.15) is 12.4 Å². The van der Waals surface area contributed by atoms with Crippen LogP contribution in [0.1, 0.15) is 5.69 Å². The molecule has 112 valence electrons. The van der Waals surface area contributed by atoms with Crippen molar-refractivity contribution in [3.8, 4) is 5.75 Å². The molecule has 0 aliphatic rings. The summed E-state index contributed by atoms with van der Waals surface area (Å²) in [6, 6.07) is 4.70. The lowest BCUT2D eigenvalue weighted by Crippen LogP contribution is -2.08. The highest BCUT2D eigenvalue weighted by Crippen LogP contribution is 2.29. The highest BCUT2D eigenvalue weighted by molar-refractivity contribution is 5.34. The van der Waals surface area contributed by atoms with Crippen molar-refractivity contribution in [2.45, 2.75) is 6.61 Å². The Balaban J connectivity index is 2.28. The molecule has 1 N–H and O–H groups in total. The van der Waals surface area contributed by atoms with Crippen LogP contribution in [-0.4, -0.2) is 12.0 Å². The van der Waals surface area contributed by atoms with Crippen LogP contribution in [0.3, 0.4) is 0 Å². The average Bonchev–Trinajstić information content (AvgIpc) is 2.51. The van der Waals surface area contributed by atoms with Crippen LogP contribution in [0.4, 0.5) is 27.8 Å². The first-order chi connectivity index (χ1) is 9.95. The fraction of sp³-hybridized carbons (Fsp3) is 0.154. The first-order valence-electron chi connectivity index (χ1n) is 5.73. The molecule has 0 atom stereocenters. The van der Waals surface area contributed by atoms with Gasteiger partial charge < -0.3 is 10.1 Å². The molecule has 0 aliphatic heterocycles. The Morgan fingerprint density at radius 2 is 1.52 bits per heavy atom. The maximum atomic E-state index is 13.4. The monoisotopic (exact) mass is 304 g/mol. The highest BCUT2D eigenvalue weighted by atomic mass is 19.2. The largest absolute Gasteiger partial charge is 0.481 e. The van der Waals surface area contributed by atoms with Crippen molar-refractivity contribution in [2.24, 2.45) is 0 Å². The van der Waals surface area contributed by atoms with Crippen molar-refractivity contribution >= 4 is 5.82 Å². The Morgan fingerprint density at radius 3 is 2.10 bits per heavy atom. The number of pyridine rings is 1. The summed E-state index contributed by atoms with van der Waals surface area (Å²) in [5.41, 5.74) is 0.255. The van der Waals surface area contributed by atoms with Gasteiger partial charge in [-0.1, -0.05) is 6.07 Å². The van der Waals surface area contributed by atoms with Crippen LogP contribution in [-0.2, 0) is 6.61 Å². The van der Waals surface area contributed by atoms with Crippen molar-refractivity contribution in [1.82, 2.24) is 4.98 Å². The molecule has 2 aromatic rings. The van der Waals surface area contributed by atoms with E-state index in [9.17, 15) is 22.0 Å². The molecule has 0 saturated carbocycles. The van der Waals surface area contributed by atoms with Gasteiger partial charge in [-0.25, -0.2) is 18.2 Å². The highest BCUT2D eigenvalue weighted by Gasteiger charge is 2.27. The van der Waals surface area contributed by atoms with Gasteiger partial charge in [0.15, 0.2) is 5.75 Å². The second kappa shape index (κ2) is 5.94. The summed E-state index contributed by atoms with van der Waals surface area (Å²) in [7, 11) is 1.61. The number of nitrogens with one attached hydrogen (secondary N) is 1. The molecule has 0 amide bonds. The maximum absolute atomic E-state index is 13.4. The number of halogens is 5. The zero-order chi connectivity index (χ0) is 15.6. The third-order valence-corrected chi connectivity index (χ3v) is 2.60. The Morgan fingerprint density at radius 1 is 0.952 bits per heavy atom. The number of aromatic nitrogens is 1. The topological polar surface area (TPSA) is 34.1 Å². The van der Waals surface area contributed by atoms with Gasteiger partial charge in [-0.15, -0.1) is 0 Å². The van der Waals surface area contributed by atoms with Gasteiger partial charge in [-0.2, -0.15) is 8.78 Å². The van der Waals surface area contributed by atoms with Crippen molar-refractivity contribution in [3.63, 3.8) is 0 Å². The van der Waals surface area contributed by atoms with E-state index in [0.29, 0.717) is 5.82 Å². The molecular formula is C13H9F5N2O. The molecule has 1 aromatic carbocycles. The molecule has 1 aromatic heterocycles. The molecule has 0 bridgehead atoms. The molecule has 0 aliphatic carbocycles. The average molecular weight is 304 g/mol. The Kier molecular flexibility index (Phi) is 4.25. The summed E-state index contributed by atoms with van der Waals surface area (Å²) in [5.74, 6) is -11.2. The summed E-state index contributed by atoms with van der Waals surface area (Å²) in [6.07, 6.45) is 0. The van der Waals surface area contributed by atoms with E-state index in [1.807, 2.05) is 0 Å². The standard InChI is InChI=1S/C13H9F5N2O/c1-19-7-4-2-3-6(20-7)5-21-13-11(17)9(15)8(14)10(16)12(13)18/h2-4H,5H2,1H3,(H,19,20). The van der Waals surface area contributed by atoms with E-state index in [1.54, 1.807) is 19.2 Å². The van der Waals surface area contributed by atoms with E-state index in [4.69, 9.17) is 0 Å². The second-order valence-electron chi connectivity index (χ2n) is 3.95. The van der Waals surface area contributed by atoms with E-state index in [-0.39, 0.29) is 5.69 Å². The van der Waals surface area contributed by atoms with Crippen LogP contribution in [0, 0.1) is 29.1 Å². The molecule has 0 radical (unpaired) electrons. The maximum Gasteiger partial charge on any atom is 0.207 e. The number of benzene rings is 1. The first-order valence-corrected chi connectivity index (χ1v) is 5.73. The summed E-state index contributed by atoms with van der Waals surface area (Å²) in [5, 5.41) is 2.73. The quantitative estimate of drug-likeness (QED) is 0.534. The third-order valence-electron chi connectivity index (χ3n) is 2.60. The molecule has 0 fully saturated rings. The van der Waals surface area contributed by atoms with Gasteiger partial charge in [0.2, 0.25) is 29.1 Å². The zero-order valence-corrected chi connectivity index (χ0v) is 10.7. The number of hydrogen-bond donors (Lipinski definition) is 1. The fourth-order valence-corrected chi connectivity index (χ4v) is 1.56. The minimum atomic E-state index is -2.23. The third kappa shape index (κ3) is 2.88. The van der Waals surface area contributed by atoms with Crippen LogP contribution >= 0.6 is 0 Å². The number of anilines is 1. The molecule has 21 heavy (non-hydrogen) atoms. The predicted octanol–water partition coefficient (Wildman–Crippen LogP) is 3.40. The second-order valence-corrected chi connectivity index (χ2v) is 3.95. The van der Waals surface area contributed by atoms with Gasteiger partial charge in [-0.05, 0) is 12.1 Å². The van der Waals surface area contributed by atoms with E-state index in [1.165, 1.54) is 6.07 Å². The number of rotatable bonds is 4. The molecule has 1 heterocycles. The van der Waals surface area contributed by atoms with Gasteiger partial charge in [0, 0.05) is 7.05 Å². The number of nitrogens with zero attached hydrogens (tertiary/aromatic N) is 1. The summed E-state index contributed by atoms with van der Waals surface area (Å²) in [6.45, 7) is -0.451. The fourth-order valence-electron chi connectivity index (χ4n) is 1.56. The van der Waals surface area contributed by atoms with Crippen LogP contribution < -0.4 is 10.1 Å². The van der Waals surface area contributed by atoms with Crippen molar-refractivity contribution < 1.29 is 26.7 Å². The van der Waals surface area contributed by atoms with Crippen molar-refractivity contribution in [2.75, 3.05) is 12.4 Å². The Hall–Kier alpha value is -2.38. The lowest BCUT2D eigenvalue weighted by atomic mass is 10.2. The van der Waals surface area contributed by atoms with E-state index >= 15 is 0 Å². The van der Waals surface area contributed by atoms with E-state index in [2.05, 4.69) is 15.0 Å². The van der Waals surface area contributed by atoms with Gasteiger partial charge in [0.25, 0.3) is 0 Å². The lowest BCUT2D eigenvalue weighted by Gasteiger charge is -2.10. The minimum absolute atomic E-state index is 0.255. The predicted molar refractivity (Wildman–Crippen MR) is 64.3 cm³/mol. The molecule has 0 spiro atoms. The van der Waals surface area contributed by atoms with Crippen molar-refractivity contribution in [1.29, 1.82) is 0 Å². The minimum Gasteiger partial charge on any atom is -0.481 e. The Bertz CT molecular complexity index is 649. The molecular weight excluding hydrogens is 295 g/mol. The SMILES string of the molecule is CNc1cccc(COc2c(F)c(F)c(F)c(F)c2F)n1. The molecule has 3 nitrogen and oxygen atoms in total. The number of ether oxygens (including phenoxy) is 1. The molecule has 0 unspecified atom stereocenters. The van der Waals surface area contributed by atoms with Crippen molar-refractivity contribution in [3.05, 3.63) is 53.0 Å². The van der Waals surface area contributed by atoms with Crippen LogP contribution in [0.2, 0.25) is 0 Å². The van der Waals surface area contributed by atoms with E-state index in [0.717, 1.165) is 0 Å². The molecule has 0 saturated heterocycles. The smallest absolute Gasteiger partial charge is 0.207 e. The van der Waals surface area contributed by atoms with Gasteiger partial charge in [-0.3, -0.25) is 0 Å². The Labute approximate surface area is 116 Å². The first kappa shape index (κ1) is 15.0. The lowest BCUT2D eigenvalue weighted by molar-refractivity contribution is 0.250.